The maximum atomic E-state index is 12.1. The standard InChI is InChI=1S/C17H25N3O2/c1-19(2)16(21)13-15-17(22)18-10-12-20(15)11-6-9-14-7-4-3-5-8-14/h3-5,7-8,15H,6,9-13H2,1-2H3,(H,18,22)/t15-/m1/s1. The molecular weight excluding hydrogens is 278 g/mol. The van der Waals surface area contributed by atoms with Crippen molar-refractivity contribution < 1.29 is 9.59 Å². The number of nitrogens with one attached hydrogen (secondary N) is 1. The summed E-state index contributed by atoms with van der Waals surface area (Å²) in [5.41, 5.74) is 1.31. The molecule has 2 rings (SSSR count). The fourth-order valence-electron chi connectivity index (χ4n) is 2.73. The first-order valence-corrected chi connectivity index (χ1v) is 7.84. The molecule has 2 amide bonds. The van der Waals surface area contributed by atoms with Gasteiger partial charge < -0.3 is 10.2 Å². The SMILES string of the molecule is CN(C)C(=O)C[C@@H]1C(=O)NCCN1CCCc1ccccc1. The van der Waals surface area contributed by atoms with E-state index in [1.165, 1.54) is 5.56 Å². The molecule has 0 unspecified atom stereocenters. The van der Waals surface area contributed by atoms with Crippen LogP contribution in [0.15, 0.2) is 30.3 Å². The molecule has 0 bridgehead atoms. The van der Waals surface area contributed by atoms with Crippen LogP contribution in [0.1, 0.15) is 18.4 Å². The molecule has 120 valence electrons. The van der Waals surface area contributed by atoms with E-state index < -0.39 is 0 Å². The zero-order chi connectivity index (χ0) is 15.9. The van der Waals surface area contributed by atoms with E-state index in [0.717, 1.165) is 25.9 Å². The quantitative estimate of drug-likeness (QED) is 0.849. The van der Waals surface area contributed by atoms with E-state index in [0.29, 0.717) is 6.54 Å². The highest BCUT2D eigenvalue weighted by atomic mass is 16.2. The first-order valence-electron chi connectivity index (χ1n) is 7.84. The summed E-state index contributed by atoms with van der Waals surface area (Å²) in [5.74, 6) is -0.0312. The van der Waals surface area contributed by atoms with Crippen LogP contribution in [0.2, 0.25) is 0 Å². The van der Waals surface area contributed by atoms with Gasteiger partial charge in [-0.1, -0.05) is 30.3 Å². The number of benzene rings is 1. The van der Waals surface area contributed by atoms with Gasteiger partial charge in [0.2, 0.25) is 11.8 Å². The van der Waals surface area contributed by atoms with Crippen LogP contribution in [0, 0.1) is 0 Å². The van der Waals surface area contributed by atoms with Crippen molar-refractivity contribution in [1.82, 2.24) is 15.1 Å². The lowest BCUT2D eigenvalue weighted by molar-refractivity contribution is -0.137. The van der Waals surface area contributed by atoms with E-state index in [9.17, 15) is 9.59 Å². The van der Waals surface area contributed by atoms with Crippen molar-refractivity contribution in [3.63, 3.8) is 0 Å². The maximum Gasteiger partial charge on any atom is 0.237 e. The Morgan fingerprint density at radius 2 is 2.05 bits per heavy atom. The molecule has 1 saturated heterocycles. The van der Waals surface area contributed by atoms with E-state index >= 15 is 0 Å². The summed E-state index contributed by atoms with van der Waals surface area (Å²) < 4.78 is 0. The average molecular weight is 303 g/mol. The summed E-state index contributed by atoms with van der Waals surface area (Å²) >= 11 is 0. The highest BCUT2D eigenvalue weighted by Gasteiger charge is 2.31. The summed E-state index contributed by atoms with van der Waals surface area (Å²) in [6.07, 6.45) is 2.24. The summed E-state index contributed by atoms with van der Waals surface area (Å²) in [6.45, 7) is 2.32. The van der Waals surface area contributed by atoms with Crippen LogP contribution in [0.5, 0.6) is 0 Å². The lowest BCUT2D eigenvalue weighted by Gasteiger charge is -2.35. The first-order chi connectivity index (χ1) is 10.6. The van der Waals surface area contributed by atoms with Gasteiger partial charge in [0.15, 0.2) is 0 Å². The van der Waals surface area contributed by atoms with Gasteiger partial charge in [-0.25, -0.2) is 0 Å². The third-order valence-electron chi connectivity index (χ3n) is 4.06. The molecule has 1 N–H and O–H groups in total. The Labute approximate surface area is 132 Å². The van der Waals surface area contributed by atoms with Crippen molar-refractivity contribution in [2.24, 2.45) is 0 Å². The molecular formula is C17H25N3O2. The monoisotopic (exact) mass is 303 g/mol. The largest absolute Gasteiger partial charge is 0.353 e. The number of hydrogen-bond donors (Lipinski definition) is 1. The van der Waals surface area contributed by atoms with Crippen molar-refractivity contribution in [3.8, 4) is 0 Å². The van der Waals surface area contributed by atoms with Crippen LogP contribution in [-0.4, -0.2) is 61.4 Å². The molecule has 0 aromatic heterocycles. The van der Waals surface area contributed by atoms with E-state index in [1.54, 1.807) is 19.0 Å². The Balaban J connectivity index is 1.88. The molecule has 0 spiro atoms. The van der Waals surface area contributed by atoms with Gasteiger partial charge in [0.1, 0.15) is 0 Å². The van der Waals surface area contributed by atoms with Crippen LogP contribution in [0.25, 0.3) is 0 Å². The summed E-state index contributed by atoms with van der Waals surface area (Å²) in [5, 5.41) is 2.86. The third-order valence-corrected chi connectivity index (χ3v) is 4.06. The Morgan fingerprint density at radius 1 is 1.32 bits per heavy atom. The zero-order valence-corrected chi connectivity index (χ0v) is 13.4. The van der Waals surface area contributed by atoms with E-state index in [2.05, 4.69) is 22.3 Å². The second kappa shape index (κ2) is 7.94. The minimum atomic E-state index is -0.334. The van der Waals surface area contributed by atoms with E-state index in [1.807, 2.05) is 18.2 Å². The average Bonchev–Trinajstić information content (AvgIpc) is 2.51. The van der Waals surface area contributed by atoms with Crippen molar-refractivity contribution in [1.29, 1.82) is 0 Å². The van der Waals surface area contributed by atoms with Gasteiger partial charge in [0.25, 0.3) is 0 Å². The number of aryl methyl sites for hydroxylation is 1. The number of carbonyl (C=O) groups excluding carboxylic acids is 2. The first kappa shape index (κ1) is 16.5. The van der Waals surface area contributed by atoms with Crippen molar-refractivity contribution in [2.45, 2.75) is 25.3 Å². The second-order valence-corrected chi connectivity index (χ2v) is 5.92. The topological polar surface area (TPSA) is 52.7 Å². The number of hydrogen-bond acceptors (Lipinski definition) is 3. The van der Waals surface area contributed by atoms with Gasteiger partial charge in [0.05, 0.1) is 12.5 Å². The van der Waals surface area contributed by atoms with Crippen LogP contribution < -0.4 is 5.32 Å². The molecule has 22 heavy (non-hydrogen) atoms. The molecule has 0 saturated carbocycles. The Morgan fingerprint density at radius 3 is 2.73 bits per heavy atom. The fraction of sp³-hybridized carbons (Fsp3) is 0.529. The van der Waals surface area contributed by atoms with Gasteiger partial charge in [-0.3, -0.25) is 14.5 Å². The number of piperazine rings is 1. The summed E-state index contributed by atoms with van der Waals surface area (Å²) in [7, 11) is 3.45. The van der Waals surface area contributed by atoms with Gasteiger partial charge in [0, 0.05) is 27.2 Å². The molecule has 5 heteroatoms. The zero-order valence-electron chi connectivity index (χ0n) is 13.4. The minimum absolute atomic E-state index is 0.00453. The predicted molar refractivity (Wildman–Crippen MR) is 86.4 cm³/mol. The molecule has 1 atom stereocenters. The smallest absolute Gasteiger partial charge is 0.237 e. The lowest BCUT2D eigenvalue weighted by Crippen LogP contribution is -2.56. The minimum Gasteiger partial charge on any atom is -0.353 e. The summed E-state index contributed by atoms with van der Waals surface area (Å²) in [6, 6.07) is 10.0. The van der Waals surface area contributed by atoms with Crippen molar-refractivity contribution in [3.05, 3.63) is 35.9 Å². The molecule has 1 aliphatic rings. The van der Waals surface area contributed by atoms with Gasteiger partial charge in [-0.15, -0.1) is 0 Å². The molecule has 0 radical (unpaired) electrons. The number of carbonyl (C=O) groups is 2. The van der Waals surface area contributed by atoms with Crippen LogP contribution >= 0.6 is 0 Å². The number of amides is 2. The maximum absolute atomic E-state index is 12.1. The molecule has 5 nitrogen and oxygen atoms in total. The second-order valence-electron chi connectivity index (χ2n) is 5.92. The van der Waals surface area contributed by atoms with Gasteiger partial charge in [-0.05, 0) is 24.9 Å². The third kappa shape index (κ3) is 4.56. The van der Waals surface area contributed by atoms with Crippen molar-refractivity contribution >= 4 is 11.8 Å². The lowest BCUT2D eigenvalue weighted by atomic mass is 10.1. The highest BCUT2D eigenvalue weighted by molar-refractivity contribution is 5.88. The molecule has 0 aliphatic carbocycles. The molecule has 1 aromatic rings. The Hall–Kier alpha value is -1.88. The van der Waals surface area contributed by atoms with E-state index in [4.69, 9.17) is 0 Å². The number of rotatable bonds is 6. The van der Waals surface area contributed by atoms with E-state index in [-0.39, 0.29) is 24.3 Å². The molecule has 1 aromatic carbocycles. The predicted octanol–water partition coefficient (Wildman–Crippen LogP) is 0.898. The van der Waals surface area contributed by atoms with Crippen LogP contribution in [-0.2, 0) is 16.0 Å². The van der Waals surface area contributed by atoms with Gasteiger partial charge >= 0.3 is 0 Å². The summed E-state index contributed by atoms with van der Waals surface area (Å²) in [4.78, 5) is 27.7. The molecule has 1 aliphatic heterocycles. The van der Waals surface area contributed by atoms with Crippen LogP contribution in [0.4, 0.5) is 0 Å². The molecule has 1 fully saturated rings. The Bertz CT molecular complexity index is 502. The van der Waals surface area contributed by atoms with Gasteiger partial charge in [-0.2, -0.15) is 0 Å². The number of nitrogens with zero attached hydrogens (tertiary/aromatic N) is 2. The highest BCUT2D eigenvalue weighted by Crippen LogP contribution is 2.12. The normalized spacial score (nSPS) is 18.8. The molecule has 1 heterocycles. The Kier molecular flexibility index (Phi) is 5.95. The van der Waals surface area contributed by atoms with Crippen LogP contribution in [0.3, 0.4) is 0 Å². The van der Waals surface area contributed by atoms with Crippen molar-refractivity contribution in [2.75, 3.05) is 33.7 Å². The fourth-order valence-corrected chi connectivity index (χ4v) is 2.73.